The van der Waals surface area contributed by atoms with Crippen molar-refractivity contribution in [3.63, 3.8) is 0 Å². The fourth-order valence-electron chi connectivity index (χ4n) is 2.51. The predicted molar refractivity (Wildman–Crippen MR) is 109 cm³/mol. The number of aryl methyl sites for hydroxylation is 1. The van der Waals surface area contributed by atoms with Gasteiger partial charge in [0, 0.05) is 30.4 Å². The second-order valence-corrected chi connectivity index (χ2v) is 9.02. The first-order valence-electron chi connectivity index (χ1n) is 8.53. The van der Waals surface area contributed by atoms with Gasteiger partial charge in [-0.25, -0.2) is 12.7 Å². The number of aromatic nitrogens is 4. The molecule has 3 aromatic rings. The number of hydrogen-bond donors (Lipinski definition) is 1. The number of anilines is 1. The second-order valence-electron chi connectivity index (χ2n) is 6.47. The van der Waals surface area contributed by atoms with E-state index in [9.17, 15) is 13.2 Å². The van der Waals surface area contributed by atoms with Crippen LogP contribution in [0.1, 0.15) is 5.56 Å². The molecule has 0 aliphatic heterocycles. The Morgan fingerprint density at radius 2 is 1.86 bits per heavy atom. The van der Waals surface area contributed by atoms with Crippen molar-refractivity contribution in [1.82, 2.24) is 24.5 Å². The van der Waals surface area contributed by atoms with Crippen LogP contribution >= 0.6 is 11.6 Å². The molecule has 0 radical (unpaired) electrons. The monoisotopic (exact) mass is 434 g/mol. The Balaban J connectivity index is 1.73. The number of rotatable bonds is 6. The molecule has 1 amide bonds. The number of hydrogen-bond acceptors (Lipinski definition) is 6. The molecular weight excluding hydrogens is 416 g/mol. The highest BCUT2D eigenvalue weighted by Gasteiger charge is 2.20. The number of carbonyl (C=O) groups is 1. The van der Waals surface area contributed by atoms with Gasteiger partial charge in [-0.15, -0.1) is 10.2 Å². The lowest BCUT2D eigenvalue weighted by molar-refractivity contribution is -0.117. The Labute approximate surface area is 173 Å². The number of sulfonamides is 1. The van der Waals surface area contributed by atoms with Crippen molar-refractivity contribution in [3.8, 4) is 11.4 Å². The third-order valence-electron chi connectivity index (χ3n) is 4.07. The zero-order chi connectivity index (χ0) is 21.2. The fourth-order valence-corrected chi connectivity index (χ4v) is 3.78. The summed E-state index contributed by atoms with van der Waals surface area (Å²) in [5, 5.41) is 15.2. The van der Waals surface area contributed by atoms with Gasteiger partial charge in [0.05, 0.1) is 4.90 Å². The third kappa shape index (κ3) is 4.78. The van der Waals surface area contributed by atoms with Crippen LogP contribution in [0.4, 0.5) is 5.69 Å². The normalized spacial score (nSPS) is 11.6. The molecule has 1 aromatic heterocycles. The van der Waals surface area contributed by atoms with E-state index in [1.54, 1.807) is 43.3 Å². The summed E-state index contributed by atoms with van der Waals surface area (Å²) in [5.74, 6) is -0.0497. The van der Waals surface area contributed by atoms with Crippen molar-refractivity contribution in [2.45, 2.75) is 18.4 Å². The Morgan fingerprint density at radius 3 is 2.52 bits per heavy atom. The zero-order valence-electron chi connectivity index (χ0n) is 16.0. The number of amides is 1. The predicted octanol–water partition coefficient (Wildman–Crippen LogP) is 2.19. The van der Waals surface area contributed by atoms with E-state index in [0.29, 0.717) is 22.1 Å². The van der Waals surface area contributed by atoms with Gasteiger partial charge in [-0.1, -0.05) is 17.7 Å². The summed E-state index contributed by atoms with van der Waals surface area (Å²) in [6, 6.07) is 11.6. The van der Waals surface area contributed by atoms with Crippen LogP contribution in [0.3, 0.4) is 0 Å². The molecule has 0 saturated heterocycles. The lowest BCUT2D eigenvalue weighted by Gasteiger charge is -2.15. The third-order valence-corrected chi connectivity index (χ3v) is 6.28. The number of nitrogens with one attached hydrogen (secondary N) is 1. The van der Waals surface area contributed by atoms with Crippen molar-refractivity contribution in [1.29, 1.82) is 0 Å². The number of carbonyl (C=O) groups excluding carboxylic acids is 1. The SMILES string of the molecule is Cc1ccc(NC(=O)Cn2nnc(-c3ccc(Cl)cc3)n2)cc1S(=O)(=O)N(C)C. The van der Waals surface area contributed by atoms with Crippen molar-refractivity contribution in [3.05, 3.63) is 53.1 Å². The summed E-state index contributed by atoms with van der Waals surface area (Å²) >= 11 is 5.86. The summed E-state index contributed by atoms with van der Waals surface area (Å²) in [7, 11) is -0.716. The highest BCUT2D eigenvalue weighted by atomic mass is 35.5. The molecule has 0 bridgehead atoms. The molecule has 0 saturated carbocycles. The summed E-state index contributed by atoms with van der Waals surface area (Å²) in [6.07, 6.45) is 0. The van der Waals surface area contributed by atoms with Gasteiger partial charge in [0.1, 0.15) is 6.54 Å². The molecule has 0 aliphatic carbocycles. The van der Waals surface area contributed by atoms with Crippen LogP contribution in [0.5, 0.6) is 0 Å². The molecule has 0 unspecified atom stereocenters. The topological polar surface area (TPSA) is 110 Å². The molecule has 0 atom stereocenters. The maximum Gasteiger partial charge on any atom is 0.248 e. The van der Waals surface area contributed by atoms with E-state index in [2.05, 4.69) is 20.7 Å². The van der Waals surface area contributed by atoms with Gasteiger partial charge in [-0.05, 0) is 54.1 Å². The molecule has 0 fully saturated rings. The molecule has 9 nitrogen and oxygen atoms in total. The van der Waals surface area contributed by atoms with E-state index in [4.69, 9.17) is 11.6 Å². The fraction of sp³-hybridized carbons (Fsp3) is 0.222. The lowest BCUT2D eigenvalue weighted by Crippen LogP contribution is -2.24. The average molecular weight is 435 g/mol. The molecule has 1 heterocycles. The number of benzene rings is 2. The highest BCUT2D eigenvalue weighted by Crippen LogP contribution is 2.22. The van der Waals surface area contributed by atoms with Crippen molar-refractivity contribution in [2.75, 3.05) is 19.4 Å². The molecule has 0 spiro atoms. The second kappa shape index (κ2) is 8.27. The van der Waals surface area contributed by atoms with Gasteiger partial charge in [0.25, 0.3) is 0 Å². The summed E-state index contributed by atoms with van der Waals surface area (Å²) in [6.45, 7) is 1.52. The van der Waals surface area contributed by atoms with Crippen molar-refractivity contribution in [2.24, 2.45) is 0 Å². The maximum atomic E-state index is 12.4. The first-order chi connectivity index (χ1) is 13.7. The van der Waals surface area contributed by atoms with E-state index >= 15 is 0 Å². The van der Waals surface area contributed by atoms with E-state index in [1.165, 1.54) is 20.2 Å². The van der Waals surface area contributed by atoms with Crippen LogP contribution in [0.2, 0.25) is 5.02 Å². The van der Waals surface area contributed by atoms with E-state index in [0.717, 1.165) is 14.7 Å². The van der Waals surface area contributed by atoms with E-state index < -0.39 is 15.9 Å². The smallest absolute Gasteiger partial charge is 0.248 e. The van der Waals surface area contributed by atoms with Crippen LogP contribution in [-0.2, 0) is 21.4 Å². The van der Waals surface area contributed by atoms with Gasteiger partial charge in [-0.3, -0.25) is 4.79 Å². The van der Waals surface area contributed by atoms with Crippen molar-refractivity contribution < 1.29 is 13.2 Å². The number of tetrazole rings is 1. The van der Waals surface area contributed by atoms with Crippen LogP contribution in [0.25, 0.3) is 11.4 Å². The lowest BCUT2D eigenvalue weighted by atomic mass is 10.2. The van der Waals surface area contributed by atoms with Gasteiger partial charge in [0.2, 0.25) is 21.8 Å². The zero-order valence-corrected chi connectivity index (χ0v) is 17.6. The molecular formula is C18H19ClN6O3S. The van der Waals surface area contributed by atoms with Crippen LogP contribution in [0.15, 0.2) is 47.4 Å². The molecule has 152 valence electrons. The Bertz CT molecular complexity index is 1140. The Kier molecular flexibility index (Phi) is 5.96. The van der Waals surface area contributed by atoms with Crippen LogP contribution in [0, 0.1) is 6.92 Å². The van der Waals surface area contributed by atoms with Gasteiger partial charge >= 0.3 is 0 Å². The van der Waals surface area contributed by atoms with Gasteiger partial charge in [0.15, 0.2) is 0 Å². The highest BCUT2D eigenvalue weighted by molar-refractivity contribution is 7.89. The molecule has 29 heavy (non-hydrogen) atoms. The minimum atomic E-state index is -3.62. The summed E-state index contributed by atoms with van der Waals surface area (Å²) in [5.41, 5.74) is 1.67. The largest absolute Gasteiger partial charge is 0.324 e. The molecule has 3 rings (SSSR count). The Morgan fingerprint density at radius 1 is 1.17 bits per heavy atom. The number of halogens is 1. The van der Waals surface area contributed by atoms with E-state index in [1.807, 2.05) is 0 Å². The molecule has 11 heteroatoms. The van der Waals surface area contributed by atoms with Crippen LogP contribution < -0.4 is 5.32 Å². The molecule has 1 N–H and O–H groups in total. The summed E-state index contributed by atoms with van der Waals surface area (Å²) < 4.78 is 25.9. The Hall–Kier alpha value is -2.82. The van der Waals surface area contributed by atoms with Crippen molar-refractivity contribution >= 4 is 33.2 Å². The molecule has 0 aliphatic rings. The van der Waals surface area contributed by atoms with E-state index in [-0.39, 0.29) is 11.4 Å². The molecule has 2 aromatic carbocycles. The van der Waals surface area contributed by atoms with Crippen LogP contribution in [-0.4, -0.2) is 52.9 Å². The first-order valence-corrected chi connectivity index (χ1v) is 10.4. The standard InChI is InChI=1S/C18H19ClN6O3S/c1-12-4-9-15(10-16(12)29(27,28)24(2)3)20-17(26)11-25-22-18(21-23-25)13-5-7-14(19)8-6-13/h4-10H,11H2,1-3H3,(H,20,26). The minimum Gasteiger partial charge on any atom is -0.324 e. The van der Waals surface area contributed by atoms with Gasteiger partial charge in [-0.2, -0.15) is 4.80 Å². The maximum absolute atomic E-state index is 12.4. The minimum absolute atomic E-state index is 0.129. The average Bonchev–Trinajstić information content (AvgIpc) is 3.12. The summed E-state index contributed by atoms with van der Waals surface area (Å²) in [4.78, 5) is 13.6. The number of nitrogens with zero attached hydrogens (tertiary/aromatic N) is 5. The quantitative estimate of drug-likeness (QED) is 0.636. The van der Waals surface area contributed by atoms with Gasteiger partial charge < -0.3 is 5.32 Å². The first kappa shape index (κ1) is 20.9.